The molecule has 162 valence electrons. The second-order valence-corrected chi connectivity index (χ2v) is 9.07. The molecule has 0 aliphatic carbocycles. The van der Waals surface area contributed by atoms with Crippen LogP contribution < -0.4 is 4.90 Å². The molecule has 1 amide bonds. The van der Waals surface area contributed by atoms with E-state index in [1.165, 1.54) is 0 Å². The summed E-state index contributed by atoms with van der Waals surface area (Å²) in [5, 5.41) is 2.03. The molecule has 7 nitrogen and oxygen atoms in total. The molecule has 0 radical (unpaired) electrons. The molecule has 2 aromatic heterocycles. The highest BCUT2D eigenvalue weighted by Crippen LogP contribution is 2.40. The molecule has 2 aliphatic rings. The molecule has 9 heteroatoms. The minimum atomic E-state index is -0.155. The maximum atomic E-state index is 13.3. The molecule has 1 aromatic carbocycles. The molecule has 1 saturated heterocycles. The lowest BCUT2D eigenvalue weighted by Crippen LogP contribution is -2.44. The maximum absolute atomic E-state index is 13.3. The molecule has 0 unspecified atom stereocenters. The number of anilines is 1. The highest BCUT2D eigenvalue weighted by atomic mass is 35.5. The van der Waals surface area contributed by atoms with Gasteiger partial charge < -0.3 is 19.7 Å². The van der Waals surface area contributed by atoms with Crippen LogP contribution >= 0.6 is 23.2 Å². The Kier molecular flexibility index (Phi) is 5.28. The Morgan fingerprint density at radius 2 is 1.81 bits per heavy atom. The normalized spacial score (nSPS) is 19.7. The summed E-state index contributed by atoms with van der Waals surface area (Å²) in [4.78, 5) is 31.9. The van der Waals surface area contributed by atoms with Crippen LogP contribution in [0.4, 0.5) is 5.69 Å². The number of rotatable bonds is 2. The molecule has 1 N–H and O–H groups in total. The fourth-order valence-corrected chi connectivity index (χ4v) is 4.97. The zero-order chi connectivity index (χ0) is 21.7. The van der Waals surface area contributed by atoms with Gasteiger partial charge in [-0.15, -0.1) is 0 Å². The molecule has 3 aromatic rings. The van der Waals surface area contributed by atoms with Crippen LogP contribution in [0.3, 0.4) is 0 Å². The Morgan fingerprint density at radius 1 is 1.10 bits per heavy atom. The quantitative estimate of drug-likeness (QED) is 0.632. The van der Waals surface area contributed by atoms with Crippen molar-refractivity contribution in [3.63, 3.8) is 0 Å². The molecule has 1 fully saturated rings. The number of nitrogens with one attached hydrogen (secondary N) is 1. The largest absolute Gasteiger partial charge is 0.366 e. The van der Waals surface area contributed by atoms with E-state index in [0.29, 0.717) is 23.0 Å². The first kappa shape index (κ1) is 20.5. The number of hydrogen-bond donors (Lipinski definition) is 1. The van der Waals surface area contributed by atoms with Crippen molar-refractivity contribution in [1.29, 1.82) is 0 Å². The predicted molar refractivity (Wildman–Crippen MR) is 123 cm³/mol. The first-order chi connectivity index (χ1) is 14.9. The third-order valence-electron chi connectivity index (χ3n) is 6.43. The van der Waals surface area contributed by atoms with Gasteiger partial charge in [-0.2, -0.15) is 0 Å². The van der Waals surface area contributed by atoms with Crippen LogP contribution in [0.1, 0.15) is 34.8 Å². The first-order valence-electron chi connectivity index (χ1n) is 10.5. The monoisotopic (exact) mass is 458 g/mol. The Labute approximate surface area is 191 Å². The number of benzene rings is 1. The molecule has 0 spiro atoms. The Morgan fingerprint density at radius 3 is 2.52 bits per heavy atom. The minimum Gasteiger partial charge on any atom is -0.366 e. The van der Waals surface area contributed by atoms with E-state index < -0.39 is 0 Å². The van der Waals surface area contributed by atoms with Crippen molar-refractivity contribution in [2.45, 2.75) is 19.4 Å². The topological polar surface area (TPSA) is 68.4 Å². The van der Waals surface area contributed by atoms with Crippen molar-refractivity contribution < 1.29 is 4.79 Å². The highest BCUT2D eigenvalue weighted by Gasteiger charge is 2.33. The van der Waals surface area contributed by atoms with Crippen molar-refractivity contribution in [1.82, 2.24) is 24.8 Å². The van der Waals surface area contributed by atoms with Gasteiger partial charge in [-0.3, -0.25) is 4.79 Å². The van der Waals surface area contributed by atoms with Gasteiger partial charge in [0.2, 0.25) is 5.82 Å². The third-order valence-corrected chi connectivity index (χ3v) is 7.24. The number of carbonyl (C=O) groups excluding carboxylic acids is 1. The van der Waals surface area contributed by atoms with Crippen molar-refractivity contribution in [2.75, 3.05) is 44.7 Å². The maximum Gasteiger partial charge on any atom is 0.292 e. The SMILES string of the molecule is C[C@H]1c2c([nH]c3c(Cl)c(Cl)ccc23)CCN1C(=O)c1ncc(N2CCN(C)CC2)cn1. The summed E-state index contributed by atoms with van der Waals surface area (Å²) in [6.45, 7) is 6.51. The number of halogens is 2. The molecule has 5 rings (SSSR count). The van der Waals surface area contributed by atoms with Gasteiger partial charge in [0.1, 0.15) is 0 Å². The number of hydrogen-bond acceptors (Lipinski definition) is 5. The summed E-state index contributed by atoms with van der Waals surface area (Å²) in [5.41, 5.74) is 3.97. The first-order valence-corrected chi connectivity index (χ1v) is 11.2. The number of aromatic nitrogens is 3. The van der Waals surface area contributed by atoms with Gasteiger partial charge in [0, 0.05) is 55.8 Å². The number of amides is 1. The van der Waals surface area contributed by atoms with E-state index in [1.54, 1.807) is 18.5 Å². The fourth-order valence-electron chi connectivity index (χ4n) is 4.60. The van der Waals surface area contributed by atoms with Gasteiger partial charge >= 0.3 is 0 Å². The van der Waals surface area contributed by atoms with Gasteiger partial charge in [0.05, 0.1) is 39.7 Å². The summed E-state index contributed by atoms with van der Waals surface area (Å²) in [6, 6.07) is 3.64. The van der Waals surface area contributed by atoms with Crippen LogP contribution in [-0.2, 0) is 6.42 Å². The van der Waals surface area contributed by atoms with Gasteiger partial charge in [-0.1, -0.05) is 29.3 Å². The van der Waals surface area contributed by atoms with Gasteiger partial charge in [-0.25, -0.2) is 9.97 Å². The average molecular weight is 459 g/mol. The van der Waals surface area contributed by atoms with Crippen LogP contribution in [0.5, 0.6) is 0 Å². The van der Waals surface area contributed by atoms with E-state index in [-0.39, 0.29) is 17.8 Å². The molecule has 2 aliphatic heterocycles. The Hall–Kier alpha value is -2.35. The van der Waals surface area contributed by atoms with E-state index in [1.807, 2.05) is 17.9 Å². The summed E-state index contributed by atoms with van der Waals surface area (Å²) >= 11 is 12.6. The lowest BCUT2D eigenvalue weighted by molar-refractivity contribution is 0.0665. The molecule has 1 atom stereocenters. The second kappa shape index (κ2) is 7.97. The van der Waals surface area contributed by atoms with Crippen LogP contribution in [0.25, 0.3) is 10.9 Å². The number of likely N-dealkylation sites (N-methyl/N-ethyl adjacent to an activating group) is 1. The summed E-state index contributed by atoms with van der Waals surface area (Å²) in [7, 11) is 2.12. The van der Waals surface area contributed by atoms with E-state index in [9.17, 15) is 4.79 Å². The van der Waals surface area contributed by atoms with Crippen LogP contribution in [0.15, 0.2) is 24.5 Å². The average Bonchev–Trinajstić information content (AvgIpc) is 3.17. The number of fused-ring (bicyclic) bond motifs is 3. The molecule has 0 saturated carbocycles. The lowest BCUT2D eigenvalue weighted by atomic mass is 9.97. The predicted octanol–water partition coefficient (Wildman–Crippen LogP) is 3.78. The number of nitrogens with zero attached hydrogens (tertiary/aromatic N) is 5. The summed E-state index contributed by atoms with van der Waals surface area (Å²) in [6.07, 6.45) is 4.24. The molecular weight excluding hydrogens is 435 g/mol. The highest BCUT2D eigenvalue weighted by molar-refractivity contribution is 6.45. The van der Waals surface area contributed by atoms with E-state index in [4.69, 9.17) is 23.2 Å². The van der Waals surface area contributed by atoms with E-state index in [0.717, 1.165) is 54.0 Å². The van der Waals surface area contributed by atoms with Gasteiger partial charge in [-0.05, 0) is 20.0 Å². The van der Waals surface area contributed by atoms with Crippen molar-refractivity contribution >= 4 is 45.7 Å². The summed E-state index contributed by atoms with van der Waals surface area (Å²) < 4.78 is 0. The van der Waals surface area contributed by atoms with Crippen molar-refractivity contribution in [3.05, 3.63) is 51.7 Å². The zero-order valence-corrected chi connectivity index (χ0v) is 19.0. The van der Waals surface area contributed by atoms with Crippen LogP contribution in [-0.4, -0.2) is 70.4 Å². The van der Waals surface area contributed by atoms with Crippen molar-refractivity contribution in [3.8, 4) is 0 Å². The van der Waals surface area contributed by atoms with Gasteiger partial charge in [0.25, 0.3) is 5.91 Å². The van der Waals surface area contributed by atoms with Crippen LogP contribution in [0, 0.1) is 0 Å². The van der Waals surface area contributed by atoms with E-state index >= 15 is 0 Å². The Bertz CT molecular complexity index is 1140. The van der Waals surface area contributed by atoms with E-state index in [2.05, 4.69) is 31.8 Å². The summed E-state index contributed by atoms with van der Waals surface area (Å²) in [5.74, 6) is 0.0755. The second-order valence-electron chi connectivity index (χ2n) is 8.28. The number of aromatic amines is 1. The number of piperazine rings is 1. The molecule has 0 bridgehead atoms. The van der Waals surface area contributed by atoms with Crippen LogP contribution in [0.2, 0.25) is 10.0 Å². The lowest BCUT2D eigenvalue weighted by Gasteiger charge is -2.34. The fraction of sp³-hybridized carbons (Fsp3) is 0.409. The molecular formula is C22H24Cl2N6O. The van der Waals surface area contributed by atoms with Gasteiger partial charge in [0.15, 0.2) is 0 Å². The van der Waals surface area contributed by atoms with Crippen molar-refractivity contribution in [2.24, 2.45) is 0 Å². The zero-order valence-electron chi connectivity index (χ0n) is 17.5. The standard InChI is InChI=1S/C22H24Cl2N6O/c1-13-18-15-3-4-16(23)19(24)20(15)27-17(18)5-6-30(13)22(31)21-25-11-14(12-26-21)29-9-7-28(2)8-10-29/h3-4,11-13,27H,5-10H2,1-2H3/t13-/m0/s1. The third kappa shape index (κ3) is 3.54. The number of H-pyrrole nitrogens is 1. The minimum absolute atomic E-state index is 0.122. The molecule has 4 heterocycles. The Balaban J connectivity index is 1.39. The molecule has 31 heavy (non-hydrogen) atoms. The smallest absolute Gasteiger partial charge is 0.292 e. The number of carbonyl (C=O) groups is 1.